The number of sulfonamides is 1. The number of hydrogen-bond acceptors (Lipinski definition) is 4. The third-order valence-corrected chi connectivity index (χ3v) is 10.1. The van der Waals surface area contributed by atoms with Crippen LogP contribution in [0, 0.1) is 0 Å². The van der Waals surface area contributed by atoms with Crippen molar-refractivity contribution in [2.45, 2.75) is 61.6 Å². The van der Waals surface area contributed by atoms with Crippen LogP contribution in [0.25, 0.3) is 0 Å². The number of ether oxygens (including phenoxy) is 2. The van der Waals surface area contributed by atoms with Gasteiger partial charge in [-0.05, 0) is 23.7 Å². The Morgan fingerprint density at radius 1 is 0.893 bits per heavy atom. The number of nitrogens with zero attached hydrogens (tertiary/aromatic N) is 1. The van der Waals surface area contributed by atoms with Crippen LogP contribution in [0.1, 0.15) is 5.56 Å². The van der Waals surface area contributed by atoms with Gasteiger partial charge in [-0.1, -0.05) is 73.4 Å². The molecular formula is C19H36BrNO4SSi2. The Kier molecular flexibility index (Phi) is 10.6. The number of benzene rings is 1. The molecule has 0 aliphatic rings. The van der Waals surface area contributed by atoms with Crippen LogP contribution in [0.2, 0.25) is 51.4 Å². The van der Waals surface area contributed by atoms with Crippen LogP contribution >= 0.6 is 15.9 Å². The molecule has 0 heterocycles. The van der Waals surface area contributed by atoms with Gasteiger partial charge < -0.3 is 9.47 Å². The monoisotopic (exact) mass is 509 g/mol. The van der Waals surface area contributed by atoms with Crippen LogP contribution in [0.3, 0.4) is 0 Å². The van der Waals surface area contributed by atoms with Gasteiger partial charge in [-0.2, -0.15) is 0 Å². The molecule has 0 aliphatic carbocycles. The van der Waals surface area contributed by atoms with Gasteiger partial charge in [0.15, 0.2) is 0 Å². The maximum absolute atomic E-state index is 13.3. The summed E-state index contributed by atoms with van der Waals surface area (Å²) in [6.07, 6.45) is 0. The summed E-state index contributed by atoms with van der Waals surface area (Å²) < 4.78 is 39.3. The van der Waals surface area contributed by atoms with E-state index in [0.29, 0.717) is 23.4 Å². The molecule has 0 bridgehead atoms. The van der Waals surface area contributed by atoms with Crippen molar-refractivity contribution < 1.29 is 17.9 Å². The molecule has 0 aliphatic heterocycles. The standard InChI is InChI=1S/C19H36BrNO4SSi2/c1-27(2,3)13-11-24-16-21(17-25-12-14-28(4,5)6)26(22,23)19-10-8-7-9-18(19)15-20/h7-10H,11-17H2,1-6H3. The normalized spacial score (nSPS) is 13.3. The van der Waals surface area contributed by atoms with Crippen LogP contribution in [0.4, 0.5) is 0 Å². The van der Waals surface area contributed by atoms with Gasteiger partial charge in [-0.25, -0.2) is 8.42 Å². The van der Waals surface area contributed by atoms with Gasteiger partial charge in [0.1, 0.15) is 13.5 Å². The van der Waals surface area contributed by atoms with Crippen molar-refractivity contribution in [2.24, 2.45) is 0 Å². The molecule has 9 heteroatoms. The lowest BCUT2D eigenvalue weighted by molar-refractivity contribution is 0.00814. The SMILES string of the molecule is C[Si](C)(C)CCOCN(COCC[Si](C)(C)C)S(=O)(=O)c1ccccc1CBr. The summed E-state index contributed by atoms with van der Waals surface area (Å²) in [6.45, 7) is 14.8. The lowest BCUT2D eigenvalue weighted by Crippen LogP contribution is -2.37. The molecule has 162 valence electrons. The molecule has 0 amide bonds. The Morgan fingerprint density at radius 3 is 1.79 bits per heavy atom. The predicted octanol–water partition coefficient (Wildman–Crippen LogP) is 5.20. The molecule has 0 saturated carbocycles. The fraction of sp³-hybridized carbons (Fsp3) is 0.684. The summed E-state index contributed by atoms with van der Waals surface area (Å²) in [5.41, 5.74) is 0.733. The first-order chi connectivity index (χ1) is 12.9. The summed E-state index contributed by atoms with van der Waals surface area (Å²) in [4.78, 5) is 0.300. The minimum atomic E-state index is -3.70. The second-order valence-electron chi connectivity index (χ2n) is 9.39. The highest BCUT2D eigenvalue weighted by atomic mass is 79.9. The summed E-state index contributed by atoms with van der Waals surface area (Å²) in [7, 11) is -6.16. The first-order valence-corrected chi connectivity index (χ1v) is 19.6. The molecule has 0 saturated heterocycles. The summed E-state index contributed by atoms with van der Waals surface area (Å²) >= 11 is 3.39. The zero-order valence-electron chi connectivity index (χ0n) is 18.1. The van der Waals surface area contributed by atoms with Crippen LogP contribution in [0.5, 0.6) is 0 Å². The van der Waals surface area contributed by atoms with Crippen LogP contribution in [-0.2, 0) is 24.8 Å². The van der Waals surface area contributed by atoms with E-state index in [9.17, 15) is 8.42 Å². The third kappa shape index (κ3) is 9.64. The highest BCUT2D eigenvalue weighted by molar-refractivity contribution is 9.08. The molecule has 5 nitrogen and oxygen atoms in total. The Morgan fingerprint density at radius 2 is 1.36 bits per heavy atom. The zero-order chi connectivity index (χ0) is 21.4. The van der Waals surface area contributed by atoms with Gasteiger partial charge in [-0.15, -0.1) is 4.31 Å². The molecule has 0 fully saturated rings. The second-order valence-corrected chi connectivity index (χ2v) is 23.1. The second kappa shape index (κ2) is 11.4. The van der Waals surface area contributed by atoms with Crippen LogP contribution in [-0.4, -0.2) is 55.5 Å². The fourth-order valence-corrected chi connectivity index (χ4v) is 5.89. The molecule has 0 aromatic heterocycles. The Labute approximate surface area is 182 Å². The molecule has 0 atom stereocenters. The molecule has 0 spiro atoms. The number of halogens is 1. The maximum Gasteiger partial charge on any atom is 0.247 e. The molecule has 1 rings (SSSR count). The summed E-state index contributed by atoms with van der Waals surface area (Å²) in [6, 6.07) is 9.04. The number of rotatable bonds is 13. The smallest absolute Gasteiger partial charge is 0.247 e. The predicted molar refractivity (Wildman–Crippen MR) is 126 cm³/mol. The van der Waals surface area contributed by atoms with E-state index in [1.807, 2.05) is 12.1 Å². The van der Waals surface area contributed by atoms with Gasteiger partial charge in [0, 0.05) is 34.7 Å². The first kappa shape index (κ1) is 26.0. The topological polar surface area (TPSA) is 55.8 Å². The van der Waals surface area contributed by atoms with E-state index < -0.39 is 26.2 Å². The van der Waals surface area contributed by atoms with E-state index in [2.05, 4.69) is 55.2 Å². The highest BCUT2D eigenvalue weighted by Crippen LogP contribution is 2.22. The quantitative estimate of drug-likeness (QED) is 0.159. The maximum atomic E-state index is 13.3. The highest BCUT2D eigenvalue weighted by Gasteiger charge is 2.27. The zero-order valence-corrected chi connectivity index (χ0v) is 22.5. The average Bonchev–Trinajstić information content (AvgIpc) is 2.58. The molecule has 0 N–H and O–H groups in total. The minimum absolute atomic E-state index is 0.0103. The lowest BCUT2D eigenvalue weighted by atomic mass is 10.2. The van der Waals surface area contributed by atoms with Gasteiger partial charge in [0.25, 0.3) is 0 Å². The lowest BCUT2D eigenvalue weighted by Gasteiger charge is -2.24. The van der Waals surface area contributed by atoms with E-state index in [-0.39, 0.29) is 13.5 Å². The Balaban J connectivity index is 2.88. The van der Waals surface area contributed by atoms with Gasteiger partial charge in [-0.3, -0.25) is 0 Å². The Bertz CT molecular complexity index is 681. The van der Waals surface area contributed by atoms with Crippen molar-refractivity contribution in [2.75, 3.05) is 26.7 Å². The number of hydrogen-bond donors (Lipinski definition) is 0. The van der Waals surface area contributed by atoms with Crippen molar-refractivity contribution >= 4 is 42.1 Å². The van der Waals surface area contributed by atoms with Gasteiger partial charge in [0.2, 0.25) is 10.0 Å². The van der Waals surface area contributed by atoms with Gasteiger partial charge in [0.05, 0.1) is 4.90 Å². The van der Waals surface area contributed by atoms with Crippen molar-refractivity contribution in [1.29, 1.82) is 0 Å². The largest absolute Gasteiger partial charge is 0.365 e. The third-order valence-electron chi connectivity index (χ3n) is 4.20. The molecule has 1 aromatic rings. The van der Waals surface area contributed by atoms with E-state index in [0.717, 1.165) is 17.7 Å². The summed E-state index contributed by atoms with van der Waals surface area (Å²) in [5.74, 6) is 0. The van der Waals surface area contributed by atoms with Crippen molar-refractivity contribution in [3.8, 4) is 0 Å². The Hall–Kier alpha value is -0.0362. The van der Waals surface area contributed by atoms with Gasteiger partial charge >= 0.3 is 0 Å². The molecule has 1 aromatic carbocycles. The van der Waals surface area contributed by atoms with Crippen molar-refractivity contribution in [3.05, 3.63) is 29.8 Å². The molecular weight excluding hydrogens is 474 g/mol. The van der Waals surface area contributed by atoms with Crippen molar-refractivity contribution in [1.82, 2.24) is 4.31 Å². The molecule has 0 unspecified atom stereocenters. The summed E-state index contributed by atoms with van der Waals surface area (Å²) in [5, 5.41) is 0.475. The molecule has 0 radical (unpaired) electrons. The van der Waals surface area contributed by atoms with E-state index >= 15 is 0 Å². The van der Waals surface area contributed by atoms with Crippen molar-refractivity contribution in [3.63, 3.8) is 0 Å². The minimum Gasteiger partial charge on any atom is -0.365 e. The molecule has 28 heavy (non-hydrogen) atoms. The fourth-order valence-electron chi connectivity index (χ4n) is 2.27. The van der Waals surface area contributed by atoms with Crippen LogP contribution in [0.15, 0.2) is 29.2 Å². The van der Waals surface area contributed by atoms with E-state index in [4.69, 9.17) is 9.47 Å². The van der Waals surface area contributed by atoms with Crippen LogP contribution < -0.4 is 0 Å². The van der Waals surface area contributed by atoms with E-state index in [1.54, 1.807) is 12.1 Å². The first-order valence-electron chi connectivity index (χ1n) is 9.66. The average molecular weight is 511 g/mol. The van der Waals surface area contributed by atoms with E-state index in [1.165, 1.54) is 4.31 Å². The number of alkyl halides is 1.